The van der Waals surface area contributed by atoms with E-state index in [0.29, 0.717) is 5.57 Å². The van der Waals surface area contributed by atoms with Gasteiger partial charge < -0.3 is 5.11 Å². The number of rotatable bonds is 36. The fourth-order valence-corrected chi connectivity index (χ4v) is 6.55. The van der Waals surface area contributed by atoms with Crippen molar-refractivity contribution in [2.24, 2.45) is 5.92 Å². The molecule has 42 heavy (non-hydrogen) atoms. The van der Waals surface area contributed by atoms with Crippen LogP contribution >= 0.6 is 0 Å². The molecule has 0 aromatic heterocycles. The molecular formula is C40H78O2. The zero-order valence-corrected chi connectivity index (χ0v) is 29.2. The van der Waals surface area contributed by atoms with Crippen LogP contribution in [0.3, 0.4) is 0 Å². The molecular weight excluding hydrogens is 512 g/mol. The number of hydrogen-bond donors (Lipinski definition) is 1. The summed E-state index contributed by atoms with van der Waals surface area (Å²) in [5.41, 5.74) is 0.455. The highest BCUT2D eigenvalue weighted by atomic mass is 16.4. The highest BCUT2D eigenvalue weighted by Gasteiger charge is 2.17. The van der Waals surface area contributed by atoms with Crippen LogP contribution in [0.15, 0.2) is 12.2 Å². The van der Waals surface area contributed by atoms with Gasteiger partial charge in [0.15, 0.2) is 0 Å². The average molecular weight is 591 g/mol. The Morgan fingerprint density at radius 1 is 0.405 bits per heavy atom. The molecule has 2 nitrogen and oxygen atoms in total. The van der Waals surface area contributed by atoms with E-state index in [9.17, 15) is 9.90 Å². The molecule has 0 spiro atoms. The Hall–Kier alpha value is -0.790. The van der Waals surface area contributed by atoms with Crippen molar-refractivity contribution in [3.05, 3.63) is 12.2 Å². The Bertz CT molecular complexity index is 518. The first-order valence-electron chi connectivity index (χ1n) is 19.6. The van der Waals surface area contributed by atoms with Gasteiger partial charge in [-0.1, -0.05) is 226 Å². The van der Waals surface area contributed by atoms with Crippen LogP contribution in [-0.4, -0.2) is 11.1 Å². The lowest BCUT2D eigenvalue weighted by atomic mass is 9.88. The third-order valence-electron chi connectivity index (χ3n) is 9.58. The molecule has 0 fully saturated rings. The molecule has 0 unspecified atom stereocenters. The minimum absolute atomic E-state index is 0.181. The lowest BCUT2D eigenvalue weighted by Gasteiger charge is -2.17. The van der Waals surface area contributed by atoms with E-state index in [1.807, 2.05) is 0 Å². The average Bonchev–Trinajstić information content (AvgIpc) is 2.99. The molecule has 2 heteroatoms. The lowest BCUT2D eigenvalue weighted by molar-refractivity contribution is -0.133. The first kappa shape index (κ1) is 41.2. The fraction of sp³-hybridized carbons (Fsp3) is 0.925. The normalized spacial score (nSPS) is 11.5. The van der Waals surface area contributed by atoms with E-state index >= 15 is 0 Å². The maximum atomic E-state index is 11.6. The summed E-state index contributed by atoms with van der Waals surface area (Å²) in [4.78, 5) is 11.6. The van der Waals surface area contributed by atoms with Crippen molar-refractivity contribution in [1.29, 1.82) is 0 Å². The first-order valence-corrected chi connectivity index (χ1v) is 19.6. The van der Waals surface area contributed by atoms with Gasteiger partial charge in [0, 0.05) is 5.57 Å². The predicted molar refractivity (Wildman–Crippen MR) is 189 cm³/mol. The monoisotopic (exact) mass is 591 g/mol. The summed E-state index contributed by atoms with van der Waals surface area (Å²) in [6.07, 6.45) is 46.2. The number of hydrogen-bond acceptors (Lipinski definition) is 1. The van der Waals surface area contributed by atoms with Crippen molar-refractivity contribution in [3.8, 4) is 0 Å². The summed E-state index contributed by atoms with van der Waals surface area (Å²) in [7, 11) is 0. The van der Waals surface area contributed by atoms with Gasteiger partial charge in [-0.3, -0.25) is 0 Å². The van der Waals surface area contributed by atoms with E-state index in [-0.39, 0.29) is 5.92 Å². The van der Waals surface area contributed by atoms with Crippen molar-refractivity contribution in [2.75, 3.05) is 0 Å². The van der Waals surface area contributed by atoms with E-state index in [2.05, 4.69) is 20.4 Å². The number of aliphatic carboxylic acids is 1. The van der Waals surface area contributed by atoms with Crippen molar-refractivity contribution in [2.45, 2.75) is 232 Å². The highest BCUT2D eigenvalue weighted by molar-refractivity contribution is 5.86. The standard InChI is InChI=1S/C40H78O2/c1-4-6-8-10-12-14-16-18-20-22-24-26-28-30-32-34-36-39(38(3)40(41)42)37-35-33-31-29-27-25-23-21-19-17-15-13-11-9-7-5-2/h39H,3-37H2,1-2H3,(H,41,42). The summed E-state index contributed by atoms with van der Waals surface area (Å²) in [6.45, 7) is 8.52. The minimum Gasteiger partial charge on any atom is -0.478 e. The third-order valence-corrected chi connectivity index (χ3v) is 9.58. The summed E-state index contributed by atoms with van der Waals surface area (Å²) in [5.74, 6) is -0.603. The van der Waals surface area contributed by atoms with Crippen LogP contribution in [-0.2, 0) is 4.79 Å². The van der Waals surface area contributed by atoms with Crippen molar-refractivity contribution < 1.29 is 9.90 Å². The van der Waals surface area contributed by atoms with E-state index in [0.717, 1.165) is 25.7 Å². The minimum atomic E-state index is -0.784. The zero-order valence-electron chi connectivity index (χ0n) is 29.2. The molecule has 0 saturated heterocycles. The van der Waals surface area contributed by atoms with E-state index in [1.165, 1.54) is 193 Å². The van der Waals surface area contributed by atoms with E-state index < -0.39 is 5.97 Å². The Morgan fingerprint density at radius 3 is 0.786 bits per heavy atom. The van der Waals surface area contributed by atoms with Gasteiger partial charge in [-0.25, -0.2) is 4.79 Å². The van der Waals surface area contributed by atoms with Crippen molar-refractivity contribution in [3.63, 3.8) is 0 Å². The molecule has 0 aliphatic carbocycles. The largest absolute Gasteiger partial charge is 0.478 e. The van der Waals surface area contributed by atoms with Crippen molar-refractivity contribution in [1.82, 2.24) is 0 Å². The first-order chi connectivity index (χ1) is 20.6. The Morgan fingerprint density at radius 2 is 0.595 bits per heavy atom. The quantitative estimate of drug-likeness (QED) is 0.0582. The molecule has 0 radical (unpaired) electrons. The molecule has 0 bridgehead atoms. The molecule has 0 aliphatic rings. The van der Waals surface area contributed by atoms with Gasteiger partial charge in [-0.2, -0.15) is 0 Å². The van der Waals surface area contributed by atoms with E-state index in [1.54, 1.807) is 0 Å². The van der Waals surface area contributed by atoms with Crippen LogP contribution in [0.4, 0.5) is 0 Å². The molecule has 0 aliphatic heterocycles. The number of unbranched alkanes of at least 4 members (excludes halogenated alkanes) is 30. The maximum absolute atomic E-state index is 11.6. The molecule has 1 N–H and O–H groups in total. The van der Waals surface area contributed by atoms with Crippen LogP contribution in [0.25, 0.3) is 0 Å². The van der Waals surface area contributed by atoms with Crippen LogP contribution in [0, 0.1) is 5.92 Å². The molecule has 0 amide bonds. The zero-order chi connectivity index (χ0) is 30.8. The number of carboxylic acids is 1. The van der Waals surface area contributed by atoms with Crippen molar-refractivity contribution >= 4 is 5.97 Å². The highest BCUT2D eigenvalue weighted by Crippen LogP contribution is 2.25. The second-order valence-corrected chi connectivity index (χ2v) is 13.7. The lowest BCUT2D eigenvalue weighted by Crippen LogP contribution is -2.12. The molecule has 250 valence electrons. The second kappa shape index (κ2) is 34.7. The molecule has 0 saturated carbocycles. The van der Waals surface area contributed by atoms with Crippen LogP contribution in [0.5, 0.6) is 0 Å². The summed E-state index contributed by atoms with van der Waals surface area (Å²) >= 11 is 0. The van der Waals surface area contributed by atoms with Crippen LogP contribution in [0.2, 0.25) is 0 Å². The Balaban J connectivity index is 3.59. The fourth-order valence-electron chi connectivity index (χ4n) is 6.55. The summed E-state index contributed by atoms with van der Waals surface area (Å²) in [5, 5.41) is 9.52. The second-order valence-electron chi connectivity index (χ2n) is 13.7. The van der Waals surface area contributed by atoms with Crippen LogP contribution in [0.1, 0.15) is 232 Å². The maximum Gasteiger partial charge on any atom is 0.331 e. The van der Waals surface area contributed by atoms with Gasteiger partial charge in [-0.15, -0.1) is 0 Å². The van der Waals surface area contributed by atoms with Gasteiger partial charge in [-0.05, 0) is 18.8 Å². The van der Waals surface area contributed by atoms with Gasteiger partial charge in [0.2, 0.25) is 0 Å². The number of carboxylic acid groups (broad SMARTS) is 1. The SMILES string of the molecule is C=C(C(=O)O)C(CCCCCCCCCCCCCCCCCC)CCCCCCCCCCCCCCCCCC. The molecule has 0 aromatic rings. The third kappa shape index (κ3) is 30.7. The van der Waals surface area contributed by atoms with Gasteiger partial charge >= 0.3 is 5.97 Å². The molecule has 0 rings (SSSR count). The Labute approximate surface area is 265 Å². The van der Waals surface area contributed by atoms with Gasteiger partial charge in [0.25, 0.3) is 0 Å². The van der Waals surface area contributed by atoms with E-state index in [4.69, 9.17) is 0 Å². The topological polar surface area (TPSA) is 37.3 Å². The summed E-state index contributed by atoms with van der Waals surface area (Å²) in [6, 6.07) is 0. The Kier molecular flexibility index (Phi) is 34.0. The predicted octanol–water partition coefficient (Wildman–Crippen LogP) is 14.5. The molecule has 0 aromatic carbocycles. The number of carbonyl (C=O) groups is 1. The molecule has 0 heterocycles. The smallest absolute Gasteiger partial charge is 0.331 e. The molecule has 0 atom stereocenters. The van der Waals surface area contributed by atoms with Gasteiger partial charge in [0.1, 0.15) is 0 Å². The van der Waals surface area contributed by atoms with Gasteiger partial charge in [0.05, 0.1) is 0 Å². The van der Waals surface area contributed by atoms with Crippen LogP contribution < -0.4 is 0 Å². The summed E-state index contributed by atoms with van der Waals surface area (Å²) < 4.78 is 0.